The first-order valence-corrected chi connectivity index (χ1v) is 17.9. The van der Waals surface area contributed by atoms with E-state index in [1.807, 2.05) is 97.1 Å². The predicted molar refractivity (Wildman–Crippen MR) is 229 cm³/mol. The van der Waals surface area contributed by atoms with E-state index in [1.165, 1.54) is 0 Å². The van der Waals surface area contributed by atoms with Gasteiger partial charge < -0.3 is 20.4 Å². The van der Waals surface area contributed by atoms with E-state index in [0.717, 1.165) is 56.9 Å². The predicted octanol–water partition coefficient (Wildman–Crippen LogP) is 10.8. The molecule has 0 atom stereocenters. The zero-order chi connectivity index (χ0) is 36.5. The molecule has 0 fully saturated rings. The van der Waals surface area contributed by atoms with Crippen molar-refractivity contribution in [2.45, 2.75) is 13.8 Å². The van der Waals surface area contributed by atoms with Crippen LogP contribution in [0.4, 0.5) is 34.1 Å². The summed E-state index contributed by atoms with van der Waals surface area (Å²) in [5.74, 6) is 1.51. The SMILES string of the molecule is Cc1ccc(N(C(=S)Nc2ccccc2)/C(=C(/N(C)c2ccccc2)N(C(=S)Nc2ccccc2)c2ccc(C)cc2)N(C)c2ccccc2)cc1. The Morgan fingerprint density at radius 1 is 0.385 bits per heavy atom. The fourth-order valence-electron chi connectivity index (χ4n) is 5.81. The van der Waals surface area contributed by atoms with Crippen LogP contribution >= 0.6 is 24.4 Å². The van der Waals surface area contributed by atoms with Gasteiger partial charge in [-0.15, -0.1) is 0 Å². The number of rotatable bonds is 10. The monoisotopic (exact) mass is 718 g/mol. The van der Waals surface area contributed by atoms with Gasteiger partial charge in [-0.1, -0.05) is 108 Å². The Hall–Kier alpha value is -5.96. The molecule has 2 N–H and O–H groups in total. The molecule has 0 unspecified atom stereocenters. The molecule has 0 spiro atoms. The number of hydrogen-bond acceptors (Lipinski definition) is 4. The smallest absolute Gasteiger partial charge is 0.183 e. The average Bonchev–Trinajstić information content (AvgIpc) is 3.18. The zero-order valence-corrected chi connectivity index (χ0v) is 31.4. The molecule has 0 aliphatic rings. The first-order valence-electron chi connectivity index (χ1n) is 17.1. The second-order valence-electron chi connectivity index (χ2n) is 12.4. The average molecular weight is 719 g/mol. The maximum Gasteiger partial charge on any atom is 0.183 e. The lowest BCUT2D eigenvalue weighted by atomic mass is 10.2. The number of thiocarbonyl (C=S) groups is 2. The topological polar surface area (TPSA) is 37.0 Å². The van der Waals surface area contributed by atoms with Crippen LogP contribution in [0.2, 0.25) is 0 Å². The van der Waals surface area contributed by atoms with Crippen LogP contribution in [0, 0.1) is 13.8 Å². The second-order valence-corrected chi connectivity index (χ2v) is 13.1. The molecule has 0 saturated carbocycles. The first-order chi connectivity index (χ1) is 25.3. The molecule has 6 nitrogen and oxygen atoms in total. The van der Waals surface area contributed by atoms with Crippen LogP contribution in [0.15, 0.2) is 182 Å². The molecular formula is C44H42N6S2. The van der Waals surface area contributed by atoms with E-state index in [0.29, 0.717) is 10.2 Å². The Morgan fingerprint density at radius 3 is 0.981 bits per heavy atom. The fraction of sp³-hybridized carbons (Fsp3) is 0.0909. The maximum atomic E-state index is 6.40. The summed E-state index contributed by atoms with van der Waals surface area (Å²) in [7, 11) is 4.13. The van der Waals surface area contributed by atoms with Crippen molar-refractivity contribution in [1.82, 2.24) is 0 Å². The summed E-state index contributed by atoms with van der Waals surface area (Å²) in [6, 6.07) is 57.4. The minimum absolute atomic E-state index is 0.484. The summed E-state index contributed by atoms with van der Waals surface area (Å²) in [4.78, 5) is 8.52. The van der Waals surface area contributed by atoms with Gasteiger partial charge in [0.25, 0.3) is 0 Å². The molecule has 0 bridgehead atoms. The number of benzene rings is 6. The van der Waals surface area contributed by atoms with Crippen LogP contribution in [-0.2, 0) is 0 Å². The standard InChI is InChI=1S/C44H42N6S2/c1-33-25-29-39(30-26-33)49(43(51)45-35-17-9-5-10-18-35)41(47(3)37-21-13-7-14-22-37)42(48(4)38-23-15-8-16-24-38)50(40-31-27-34(2)28-32-40)44(52)46-36-19-11-6-12-20-36/h5-32H,1-4H3,(H,45,51)(H,46,52)/b42-41-. The second kappa shape index (κ2) is 16.8. The summed E-state index contributed by atoms with van der Waals surface area (Å²) in [5.41, 5.74) is 7.71. The summed E-state index contributed by atoms with van der Waals surface area (Å²) in [6.07, 6.45) is 0. The van der Waals surface area contributed by atoms with Gasteiger partial charge in [0.2, 0.25) is 0 Å². The van der Waals surface area contributed by atoms with Gasteiger partial charge in [-0.05, 0) is 111 Å². The van der Waals surface area contributed by atoms with E-state index in [4.69, 9.17) is 24.4 Å². The van der Waals surface area contributed by atoms with Crippen LogP contribution in [-0.4, -0.2) is 24.3 Å². The highest BCUT2D eigenvalue weighted by Crippen LogP contribution is 2.35. The molecule has 6 aromatic rings. The number of aryl methyl sites for hydroxylation is 2. The highest BCUT2D eigenvalue weighted by Gasteiger charge is 2.33. The van der Waals surface area contributed by atoms with Crippen molar-refractivity contribution in [3.8, 4) is 0 Å². The van der Waals surface area contributed by atoms with E-state index >= 15 is 0 Å². The van der Waals surface area contributed by atoms with Crippen LogP contribution in [0.5, 0.6) is 0 Å². The van der Waals surface area contributed by atoms with Crippen molar-refractivity contribution in [2.75, 3.05) is 44.3 Å². The molecular weight excluding hydrogens is 677 g/mol. The third-order valence-corrected chi connectivity index (χ3v) is 9.16. The third kappa shape index (κ3) is 8.49. The van der Waals surface area contributed by atoms with Crippen molar-refractivity contribution >= 4 is 68.8 Å². The number of hydrogen-bond donors (Lipinski definition) is 2. The van der Waals surface area contributed by atoms with E-state index in [2.05, 4.69) is 131 Å². The van der Waals surface area contributed by atoms with E-state index in [-0.39, 0.29) is 0 Å². The number of nitrogens with one attached hydrogen (secondary N) is 2. The zero-order valence-electron chi connectivity index (χ0n) is 29.8. The van der Waals surface area contributed by atoms with Gasteiger partial charge >= 0.3 is 0 Å². The Kier molecular flexibility index (Phi) is 11.6. The minimum atomic E-state index is 0.484. The van der Waals surface area contributed by atoms with Crippen LogP contribution < -0.4 is 30.2 Å². The molecule has 0 saturated heterocycles. The summed E-state index contributed by atoms with van der Waals surface area (Å²) in [6.45, 7) is 4.17. The first kappa shape index (κ1) is 35.9. The van der Waals surface area contributed by atoms with Gasteiger partial charge in [0.15, 0.2) is 21.9 Å². The normalized spacial score (nSPS) is 11.2. The lowest BCUT2D eigenvalue weighted by Crippen LogP contribution is -2.49. The van der Waals surface area contributed by atoms with Crippen molar-refractivity contribution < 1.29 is 0 Å². The highest BCUT2D eigenvalue weighted by atomic mass is 32.1. The lowest BCUT2D eigenvalue weighted by Gasteiger charge is -2.42. The third-order valence-electron chi connectivity index (χ3n) is 8.59. The van der Waals surface area contributed by atoms with Crippen LogP contribution in [0.25, 0.3) is 0 Å². The van der Waals surface area contributed by atoms with Crippen molar-refractivity contribution in [3.05, 3.63) is 193 Å². The molecule has 8 heteroatoms. The van der Waals surface area contributed by atoms with Crippen molar-refractivity contribution in [2.24, 2.45) is 0 Å². The fourth-order valence-corrected chi connectivity index (χ4v) is 6.43. The molecule has 0 amide bonds. The molecule has 260 valence electrons. The van der Waals surface area contributed by atoms with Crippen LogP contribution in [0.1, 0.15) is 11.1 Å². The Labute approximate surface area is 318 Å². The summed E-state index contributed by atoms with van der Waals surface area (Å²) < 4.78 is 0. The molecule has 0 radical (unpaired) electrons. The van der Waals surface area contributed by atoms with E-state index < -0.39 is 0 Å². The van der Waals surface area contributed by atoms with Gasteiger partial charge in [-0.2, -0.15) is 0 Å². The molecule has 6 aromatic carbocycles. The Balaban J connectivity index is 1.70. The van der Waals surface area contributed by atoms with Gasteiger partial charge in [-0.3, -0.25) is 9.80 Å². The van der Waals surface area contributed by atoms with Gasteiger partial charge in [0, 0.05) is 48.2 Å². The minimum Gasteiger partial charge on any atom is -0.332 e. The molecule has 0 heterocycles. The summed E-state index contributed by atoms with van der Waals surface area (Å²) in [5, 5.41) is 8.05. The maximum absolute atomic E-state index is 6.40. The molecule has 6 rings (SSSR count). The van der Waals surface area contributed by atoms with Crippen molar-refractivity contribution in [1.29, 1.82) is 0 Å². The molecule has 0 aliphatic heterocycles. The largest absolute Gasteiger partial charge is 0.332 e. The quantitative estimate of drug-likeness (QED) is 0.136. The lowest BCUT2D eigenvalue weighted by molar-refractivity contribution is 0.924. The molecule has 52 heavy (non-hydrogen) atoms. The van der Waals surface area contributed by atoms with Gasteiger partial charge in [0.05, 0.1) is 0 Å². The van der Waals surface area contributed by atoms with E-state index in [9.17, 15) is 0 Å². The molecule has 0 aliphatic carbocycles. The van der Waals surface area contributed by atoms with Crippen LogP contribution in [0.3, 0.4) is 0 Å². The van der Waals surface area contributed by atoms with Crippen molar-refractivity contribution in [3.63, 3.8) is 0 Å². The van der Waals surface area contributed by atoms with Gasteiger partial charge in [0.1, 0.15) is 0 Å². The Morgan fingerprint density at radius 2 is 0.673 bits per heavy atom. The number of para-hydroxylation sites is 4. The Bertz CT molecular complexity index is 1950. The van der Waals surface area contributed by atoms with Gasteiger partial charge in [-0.25, -0.2) is 0 Å². The number of anilines is 6. The molecule has 0 aromatic heterocycles. The van der Waals surface area contributed by atoms with E-state index in [1.54, 1.807) is 0 Å². The summed E-state index contributed by atoms with van der Waals surface area (Å²) >= 11 is 12.8. The highest BCUT2D eigenvalue weighted by molar-refractivity contribution is 7.81. The number of nitrogens with zero attached hydrogens (tertiary/aromatic N) is 4.